The van der Waals surface area contributed by atoms with Gasteiger partial charge in [0.15, 0.2) is 0 Å². The molecular formula is C15H20F3NO2. The van der Waals surface area contributed by atoms with Crippen LogP contribution in [0, 0.1) is 0 Å². The van der Waals surface area contributed by atoms with Crippen molar-refractivity contribution < 1.29 is 22.7 Å². The average Bonchev–Trinajstić information content (AvgIpc) is 2.43. The van der Waals surface area contributed by atoms with Gasteiger partial charge < -0.3 is 10.5 Å². The number of unbranched alkanes of at least 4 members (excludes halogenated alkanes) is 1. The molecule has 0 radical (unpaired) electrons. The number of ether oxygens (including phenoxy) is 1. The monoisotopic (exact) mass is 303 g/mol. The van der Waals surface area contributed by atoms with Gasteiger partial charge in [0.2, 0.25) is 5.54 Å². The van der Waals surface area contributed by atoms with E-state index < -0.39 is 24.1 Å². The van der Waals surface area contributed by atoms with Gasteiger partial charge >= 0.3 is 12.1 Å². The first-order valence-electron chi connectivity index (χ1n) is 6.88. The summed E-state index contributed by atoms with van der Waals surface area (Å²) in [6.07, 6.45) is -3.91. The lowest BCUT2D eigenvalue weighted by Gasteiger charge is -2.29. The minimum Gasteiger partial charge on any atom is -0.464 e. The summed E-state index contributed by atoms with van der Waals surface area (Å²) in [4.78, 5) is 11.5. The quantitative estimate of drug-likeness (QED) is 0.621. The highest BCUT2D eigenvalue weighted by molar-refractivity contribution is 5.81. The van der Waals surface area contributed by atoms with E-state index in [1.54, 1.807) is 0 Å². The van der Waals surface area contributed by atoms with Crippen molar-refractivity contribution in [1.29, 1.82) is 0 Å². The van der Waals surface area contributed by atoms with E-state index in [-0.39, 0.29) is 13.0 Å². The van der Waals surface area contributed by atoms with Gasteiger partial charge in [-0.15, -0.1) is 0 Å². The van der Waals surface area contributed by atoms with E-state index in [0.717, 1.165) is 5.56 Å². The first-order valence-corrected chi connectivity index (χ1v) is 6.88. The van der Waals surface area contributed by atoms with Crippen molar-refractivity contribution in [1.82, 2.24) is 0 Å². The number of nitrogens with two attached hydrogens (primary N) is 1. The number of aryl methyl sites for hydroxylation is 1. The molecule has 0 saturated carbocycles. The molecule has 6 heteroatoms. The molecule has 0 spiro atoms. The van der Waals surface area contributed by atoms with Crippen molar-refractivity contribution in [2.75, 3.05) is 6.61 Å². The normalized spacial score (nSPS) is 14.5. The Morgan fingerprint density at radius 3 is 2.33 bits per heavy atom. The molecule has 1 aromatic carbocycles. The number of hydrogen-bond donors (Lipinski definition) is 1. The Bertz CT molecular complexity index is 448. The van der Waals surface area contributed by atoms with Gasteiger partial charge in [-0.2, -0.15) is 13.2 Å². The Hall–Kier alpha value is -1.56. The molecule has 0 aliphatic rings. The van der Waals surface area contributed by atoms with Crippen LogP contribution in [0.1, 0.15) is 31.7 Å². The Kier molecular flexibility index (Phi) is 6.20. The zero-order valence-electron chi connectivity index (χ0n) is 12.0. The standard InChI is InChI=1S/C15H20F3NO2/c1-2-21-13(20)14(19,15(16,17)18)11-7-6-10-12-8-4-3-5-9-12/h3-5,8-9H,2,6-7,10-11,19H2,1H3. The maximum atomic E-state index is 13.0. The molecule has 0 aliphatic heterocycles. The van der Waals surface area contributed by atoms with Crippen LogP contribution in [0.3, 0.4) is 0 Å². The van der Waals surface area contributed by atoms with Crippen molar-refractivity contribution in [2.45, 2.75) is 44.3 Å². The van der Waals surface area contributed by atoms with Gasteiger partial charge in [-0.25, -0.2) is 4.79 Å². The molecule has 0 bridgehead atoms. The van der Waals surface area contributed by atoms with Crippen molar-refractivity contribution in [3.63, 3.8) is 0 Å². The van der Waals surface area contributed by atoms with Gasteiger partial charge in [-0.05, 0) is 31.7 Å². The molecule has 0 fully saturated rings. The third-order valence-corrected chi connectivity index (χ3v) is 3.27. The van der Waals surface area contributed by atoms with Crippen LogP contribution in [-0.2, 0) is 16.0 Å². The molecule has 2 N–H and O–H groups in total. The van der Waals surface area contributed by atoms with Crippen LogP contribution in [0.25, 0.3) is 0 Å². The van der Waals surface area contributed by atoms with Crippen LogP contribution in [0.5, 0.6) is 0 Å². The second-order valence-corrected chi connectivity index (χ2v) is 4.88. The first-order chi connectivity index (χ1) is 9.81. The zero-order valence-corrected chi connectivity index (χ0v) is 12.0. The van der Waals surface area contributed by atoms with Crippen molar-refractivity contribution in [3.8, 4) is 0 Å². The number of halogens is 3. The Morgan fingerprint density at radius 1 is 1.19 bits per heavy atom. The number of carbonyl (C=O) groups excluding carboxylic acids is 1. The van der Waals surface area contributed by atoms with Gasteiger partial charge in [0.25, 0.3) is 0 Å². The number of alkyl halides is 3. The summed E-state index contributed by atoms with van der Waals surface area (Å²) in [5, 5.41) is 0. The average molecular weight is 303 g/mol. The summed E-state index contributed by atoms with van der Waals surface area (Å²) in [5.74, 6) is -1.41. The summed E-state index contributed by atoms with van der Waals surface area (Å²) >= 11 is 0. The molecule has 0 saturated heterocycles. The predicted molar refractivity (Wildman–Crippen MR) is 73.6 cm³/mol. The van der Waals surface area contributed by atoms with E-state index in [9.17, 15) is 18.0 Å². The summed E-state index contributed by atoms with van der Waals surface area (Å²) in [6, 6.07) is 9.43. The number of hydrogen-bond acceptors (Lipinski definition) is 3. The fourth-order valence-corrected chi connectivity index (χ4v) is 2.00. The molecule has 0 aliphatic carbocycles. The van der Waals surface area contributed by atoms with Crippen molar-refractivity contribution >= 4 is 5.97 Å². The lowest BCUT2D eigenvalue weighted by molar-refractivity contribution is -0.207. The number of benzene rings is 1. The summed E-state index contributed by atoms with van der Waals surface area (Å²) in [5.41, 5.74) is 3.41. The Balaban J connectivity index is 2.56. The first kappa shape index (κ1) is 17.5. The third-order valence-electron chi connectivity index (χ3n) is 3.27. The lowest BCUT2D eigenvalue weighted by Crippen LogP contribution is -2.60. The molecule has 0 amide bonds. The molecule has 1 aromatic rings. The smallest absolute Gasteiger partial charge is 0.417 e. The second kappa shape index (κ2) is 7.45. The number of carbonyl (C=O) groups is 1. The molecule has 1 atom stereocenters. The highest BCUT2D eigenvalue weighted by atomic mass is 19.4. The highest BCUT2D eigenvalue weighted by Gasteiger charge is 2.58. The minimum absolute atomic E-state index is 0.127. The molecule has 3 nitrogen and oxygen atoms in total. The summed E-state index contributed by atoms with van der Waals surface area (Å²) in [6.45, 7) is 1.32. The van der Waals surface area contributed by atoms with E-state index in [1.807, 2.05) is 30.3 Å². The van der Waals surface area contributed by atoms with E-state index in [1.165, 1.54) is 6.92 Å². The van der Waals surface area contributed by atoms with E-state index in [0.29, 0.717) is 12.8 Å². The van der Waals surface area contributed by atoms with Crippen LogP contribution in [0.4, 0.5) is 13.2 Å². The minimum atomic E-state index is -4.81. The zero-order chi connectivity index (χ0) is 15.9. The summed E-state index contributed by atoms with van der Waals surface area (Å²) < 4.78 is 43.5. The van der Waals surface area contributed by atoms with Crippen LogP contribution >= 0.6 is 0 Å². The molecule has 0 heterocycles. The molecular weight excluding hydrogens is 283 g/mol. The van der Waals surface area contributed by atoms with Crippen molar-refractivity contribution in [2.24, 2.45) is 5.73 Å². The SMILES string of the molecule is CCOC(=O)C(N)(CCCCc1ccccc1)C(F)(F)F. The van der Waals surface area contributed by atoms with E-state index in [4.69, 9.17) is 5.73 Å². The highest BCUT2D eigenvalue weighted by Crippen LogP contribution is 2.33. The van der Waals surface area contributed by atoms with Gasteiger partial charge in [0.05, 0.1) is 6.61 Å². The number of esters is 1. The molecule has 21 heavy (non-hydrogen) atoms. The Labute approximate surface area is 122 Å². The van der Waals surface area contributed by atoms with Gasteiger partial charge in [-0.1, -0.05) is 36.8 Å². The van der Waals surface area contributed by atoms with Gasteiger partial charge in [0.1, 0.15) is 0 Å². The fraction of sp³-hybridized carbons (Fsp3) is 0.533. The Morgan fingerprint density at radius 2 is 1.81 bits per heavy atom. The topological polar surface area (TPSA) is 52.3 Å². The van der Waals surface area contributed by atoms with Gasteiger partial charge in [-0.3, -0.25) is 0 Å². The maximum Gasteiger partial charge on any atom is 0.417 e. The van der Waals surface area contributed by atoms with Crippen LogP contribution in [-0.4, -0.2) is 24.3 Å². The maximum absolute atomic E-state index is 13.0. The fourth-order valence-electron chi connectivity index (χ4n) is 2.00. The van der Waals surface area contributed by atoms with Crippen LogP contribution in [0.15, 0.2) is 30.3 Å². The second-order valence-electron chi connectivity index (χ2n) is 4.88. The predicted octanol–water partition coefficient (Wildman–Crippen LogP) is 3.22. The molecule has 1 rings (SSSR count). The van der Waals surface area contributed by atoms with Gasteiger partial charge in [0, 0.05) is 0 Å². The lowest BCUT2D eigenvalue weighted by atomic mass is 9.92. The molecule has 0 aromatic heterocycles. The van der Waals surface area contributed by atoms with Crippen LogP contribution in [0.2, 0.25) is 0 Å². The van der Waals surface area contributed by atoms with Crippen molar-refractivity contribution in [3.05, 3.63) is 35.9 Å². The third kappa shape index (κ3) is 4.74. The molecule has 118 valence electrons. The molecule has 1 unspecified atom stereocenters. The van der Waals surface area contributed by atoms with E-state index >= 15 is 0 Å². The summed E-state index contributed by atoms with van der Waals surface area (Å²) in [7, 11) is 0. The van der Waals surface area contributed by atoms with Crippen LogP contribution < -0.4 is 5.73 Å². The van der Waals surface area contributed by atoms with E-state index in [2.05, 4.69) is 4.74 Å². The largest absolute Gasteiger partial charge is 0.464 e. The number of rotatable bonds is 7.